The van der Waals surface area contributed by atoms with Gasteiger partial charge in [0.05, 0.1) is 19.8 Å². The van der Waals surface area contributed by atoms with Gasteiger partial charge in [-0.15, -0.1) is 0 Å². The minimum atomic E-state index is 0.00501. The van der Waals surface area contributed by atoms with Crippen molar-refractivity contribution in [3.05, 3.63) is 24.3 Å². The number of hydrogen-bond donors (Lipinski definition) is 1. The molecule has 1 rings (SSSR count). The van der Waals surface area contributed by atoms with Gasteiger partial charge in [-0.3, -0.25) is 0 Å². The zero-order chi connectivity index (χ0) is 8.81. The summed E-state index contributed by atoms with van der Waals surface area (Å²) < 4.78 is 10.0. The van der Waals surface area contributed by atoms with Gasteiger partial charge in [-0.1, -0.05) is 6.07 Å². The molecule has 0 fully saturated rings. The van der Waals surface area contributed by atoms with E-state index in [4.69, 9.17) is 14.6 Å². The number of aliphatic hydroxyl groups excluding tert-OH is 1. The van der Waals surface area contributed by atoms with Crippen molar-refractivity contribution in [3.8, 4) is 11.5 Å². The molecule has 0 saturated carbocycles. The highest BCUT2D eigenvalue weighted by Gasteiger charge is 1.95. The van der Waals surface area contributed by atoms with E-state index in [1.54, 1.807) is 19.2 Å². The van der Waals surface area contributed by atoms with E-state index in [2.05, 4.69) is 6.07 Å². The molecule has 0 spiro atoms. The van der Waals surface area contributed by atoms with Crippen molar-refractivity contribution in [2.24, 2.45) is 0 Å². The Morgan fingerprint density at radius 2 is 2.17 bits per heavy atom. The molecule has 1 aromatic rings. The van der Waals surface area contributed by atoms with Crippen LogP contribution in [0.1, 0.15) is 0 Å². The summed E-state index contributed by atoms with van der Waals surface area (Å²) in [6.07, 6.45) is 0. The van der Waals surface area contributed by atoms with Crippen molar-refractivity contribution in [1.82, 2.24) is 0 Å². The molecule has 1 aromatic carbocycles. The Kier molecular flexibility index (Phi) is 3.41. The molecule has 3 nitrogen and oxygen atoms in total. The largest absolute Gasteiger partial charge is 0.496 e. The molecule has 0 amide bonds. The normalized spacial score (nSPS) is 9.50. The first-order chi connectivity index (χ1) is 5.86. The standard InChI is InChI=1S/C9H11O3/c1-11-8-3-2-4-9(7-8)12-6-5-10/h2-4,10H,5-6H2,1H3. The van der Waals surface area contributed by atoms with E-state index in [-0.39, 0.29) is 13.2 Å². The van der Waals surface area contributed by atoms with Gasteiger partial charge < -0.3 is 14.6 Å². The predicted molar refractivity (Wildman–Crippen MR) is 44.4 cm³/mol. The third-order valence-corrected chi connectivity index (χ3v) is 1.31. The van der Waals surface area contributed by atoms with E-state index in [1.807, 2.05) is 6.07 Å². The Bertz CT molecular complexity index is 235. The molecular weight excluding hydrogens is 156 g/mol. The molecule has 0 heterocycles. The second-order valence-electron chi connectivity index (χ2n) is 2.16. The molecule has 0 atom stereocenters. The van der Waals surface area contributed by atoms with Crippen LogP contribution in [0, 0.1) is 6.07 Å². The molecule has 0 saturated heterocycles. The summed E-state index contributed by atoms with van der Waals surface area (Å²) in [6.45, 7) is 0.286. The van der Waals surface area contributed by atoms with Gasteiger partial charge in [-0.25, -0.2) is 0 Å². The SMILES string of the molecule is COc1[c]c(OCCO)ccc1. The number of rotatable bonds is 4. The molecular formula is C9H11O3. The number of ether oxygens (including phenoxy) is 2. The summed E-state index contributed by atoms with van der Waals surface area (Å²) in [5.41, 5.74) is 0. The number of methoxy groups -OCH3 is 1. The number of aliphatic hydroxyl groups is 1. The molecule has 1 radical (unpaired) electrons. The highest BCUT2D eigenvalue weighted by atomic mass is 16.5. The van der Waals surface area contributed by atoms with Crippen LogP contribution in [-0.4, -0.2) is 25.4 Å². The van der Waals surface area contributed by atoms with Crippen LogP contribution < -0.4 is 9.47 Å². The van der Waals surface area contributed by atoms with Crippen LogP contribution in [0.4, 0.5) is 0 Å². The van der Waals surface area contributed by atoms with Gasteiger partial charge in [0.2, 0.25) is 0 Å². The fraction of sp³-hybridized carbons (Fsp3) is 0.333. The molecule has 0 bridgehead atoms. The number of benzene rings is 1. The van der Waals surface area contributed by atoms with Gasteiger partial charge in [0.15, 0.2) is 0 Å². The Morgan fingerprint density at radius 1 is 1.42 bits per heavy atom. The zero-order valence-corrected chi connectivity index (χ0v) is 6.91. The van der Waals surface area contributed by atoms with E-state index in [9.17, 15) is 0 Å². The quantitative estimate of drug-likeness (QED) is 0.723. The van der Waals surface area contributed by atoms with Crippen LogP contribution in [-0.2, 0) is 0 Å². The molecule has 0 aliphatic rings. The monoisotopic (exact) mass is 167 g/mol. The molecule has 3 heteroatoms. The summed E-state index contributed by atoms with van der Waals surface area (Å²) in [5, 5.41) is 8.48. The zero-order valence-electron chi connectivity index (χ0n) is 6.91. The average Bonchev–Trinajstić information content (AvgIpc) is 2.15. The third-order valence-electron chi connectivity index (χ3n) is 1.31. The molecule has 0 aromatic heterocycles. The van der Waals surface area contributed by atoms with Crippen molar-refractivity contribution < 1.29 is 14.6 Å². The van der Waals surface area contributed by atoms with Gasteiger partial charge in [0.1, 0.15) is 18.1 Å². The van der Waals surface area contributed by atoms with Crippen molar-refractivity contribution >= 4 is 0 Å². The minimum Gasteiger partial charge on any atom is -0.496 e. The van der Waals surface area contributed by atoms with Crippen LogP contribution in [0.25, 0.3) is 0 Å². The smallest absolute Gasteiger partial charge is 0.131 e. The van der Waals surface area contributed by atoms with E-state index >= 15 is 0 Å². The van der Waals surface area contributed by atoms with Crippen molar-refractivity contribution in [1.29, 1.82) is 0 Å². The fourth-order valence-corrected chi connectivity index (χ4v) is 0.787. The summed E-state index contributed by atoms with van der Waals surface area (Å²) >= 11 is 0. The number of hydrogen-bond acceptors (Lipinski definition) is 3. The van der Waals surface area contributed by atoms with Crippen molar-refractivity contribution in [3.63, 3.8) is 0 Å². The van der Waals surface area contributed by atoms with Crippen LogP contribution in [0.2, 0.25) is 0 Å². The third kappa shape index (κ3) is 2.43. The summed E-state index contributed by atoms with van der Waals surface area (Å²) in [6, 6.07) is 8.23. The summed E-state index contributed by atoms with van der Waals surface area (Å²) in [5.74, 6) is 1.22. The van der Waals surface area contributed by atoms with E-state index in [0.717, 1.165) is 0 Å². The fourth-order valence-electron chi connectivity index (χ4n) is 0.787. The lowest BCUT2D eigenvalue weighted by Gasteiger charge is -2.04. The topological polar surface area (TPSA) is 38.7 Å². The van der Waals surface area contributed by atoms with E-state index < -0.39 is 0 Å². The van der Waals surface area contributed by atoms with Crippen LogP contribution in [0.5, 0.6) is 11.5 Å². The average molecular weight is 167 g/mol. The maximum atomic E-state index is 8.48. The van der Waals surface area contributed by atoms with Gasteiger partial charge in [0.25, 0.3) is 0 Å². The van der Waals surface area contributed by atoms with Gasteiger partial charge >= 0.3 is 0 Å². The molecule has 0 aliphatic heterocycles. The van der Waals surface area contributed by atoms with E-state index in [1.165, 1.54) is 0 Å². The lowest BCUT2D eigenvalue weighted by atomic mass is 10.3. The molecule has 0 unspecified atom stereocenters. The Morgan fingerprint density at radius 3 is 2.83 bits per heavy atom. The maximum absolute atomic E-state index is 8.48. The Balaban J connectivity index is 2.60. The lowest BCUT2D eigenvalue weighted by Crippen LogP contribution is -2.01. The highest BCUT2D eigenvalue weighted by molar-refractivity contribution is 5.30. The summed E-state index contributed by atoms with van der Waals surface area (Å²) in [7, 11) is 1.57. The van der Waals surface area contributed by atoms with Gasteiger partial charge in [-0.2, -0.15) is 0 Å². The van der Waals surface area contributed by atoms with Crippen molar-refractivity contribution in [2.75, 3.05) is 20.3 Å². The van der Waals surface area contributed by atoms with E-state index in [0.29, 0.717) is 11.5 Å². The second-order valence-corrected chi connectivity index (χ2v) is 2.16. The van der Waals surface area contributed by atoms with Crippen LogP contribution in [0.15, 0.2) is 18.2 Å². The Hall–Kier alpha value is -1.22. The second kappa shape index (κ2) is 4.62. The summed E-state index contributed by atoms with van der Waals surface area (Å²) in [4.78, 5) is 0. The molecule has 0 aliphatic carbocycles. The van der Waals surface area contributed by atoms with Crippen molar-refractivity contribution in [2.45, 2.75) is 0 Å². The molecule has 65 valence electrons. The lowest BCUT2D eigenvalue weighted by molar-refractivity contribution is 0.200. The predicted octanol–water partition coefficient (Wildman–Crippen LogP) is 0.866. The highest BCUT2D eigenvalue weighted by Crippen LogP contribution is 2.17. The Labute approximate surface area is 71.5 Å². The molecule has 12 heavy (non-hydrogen) atoms. The van der Waals surface area contributed by atoms with Crippen LogP contribution in [0.3, 0.4) is 0 Å². The minimum absolute atomic E-state index is 0.00501. The van der Waals surface area contributed by atoms with Gasteiger partial charge in [0, 0.05) is 0 Å². The first kappa shape index (κ1) is 8.87. The maximum Gasteiger partial charge on any atom is 0.131 e. The molecule has 1 N–H and O–H groups in total. The first-order valence-corrected chi connectivity index (χ1v) is 3.67. The first-order valence-electron chi connectivity index (χ1n) is 3.67. The van der Waals surface area contributed by atoms with Gasteiger partial charge in [-0.05, 0) is 12.1 Å². The van der Waals surface area contributed by atoms with Crippen LogP contribution >= 0.6 is 0 Å².